The number of aryl methyl sites for hydroxylation is 1. The molecule has 1 aromatic heterocycles. The van der Waals surface area contributed by atoms with Crippen LogP contribution in [0, 0.1) is 11.3 Å². The summed E-state index contributed by atoms with van der Waals surface area (Å²) in [6.45, 7) is 4.71. The van der Waals surface area contributed by atoms with Gasteiger partial charge in [-0.2, -0.15) is 0 Å². The largest absolute Gasteiger partial charge is 0.491 e. The van der Waals surface area contributed by atoms with Gasteiger partial charge in [0.25, 0.3) is 0 Å². The number of carbonyl (C=O) groups excluding carboxylic acids is 2. The Labute approximate surface area is 220 Å². The number of ether oxygens (including phenoxy) is 1. The van der Waals surface area contributed by atoms with Crippen LogP contribution in [-0.4, -0.2) is 72.5 Å². The van der Waals surface area contributed by atoms with Crippen molar-refractivity contribution in [2.45, 2.75) is 51.4 Å². The number of likely N-dealkylation sites (tertiary alicyclic amines) is 2. The Balaban J connectivity index is 1.11. The van der Waals surface area contributed by atoms with E-state index < -0.39 is 0 Å². The number of piperidine rings is 1. The van der Waals surface area contributed by atoms with Crippen molar-refractivity contribution in [2.24, 2.45) is 11.3 Å². The molecule has 1 unspecified atom stereocenters. The normalized spacial score (nSPS) is 22.9. The number of aromatic nitrogens is 1. The number of carbonyl (C=O) groups is 2. The molecule has 198 valence electrons. The second kappa shape index (κ2) is 12.1. The van der Waals surface area contributed by atoms with Gasteiger partial charge >= 0.3 is 0 Å². The second-order valence-corrected chi connectivity index (χ2v) is 11.0. The number of nitrogens with zero attached hydrogens (tertiary/aromatic N) is 3. The summed E-state index contributed by atoms with van der Waals surface area (Å²) < 4.78 is 5.97. The van der Waals surface area contributed by atoms with Crippen LogP contribution in [-0.2, 0) is 22.4 Å². The first-order chi connectivity index (χ1) is 18.1. The molecule has 0 bridgehead atoms. The first-order valence-corrected chi connectivity index (χ1v) is 14.0. The minimum absolute atomic E-state index is 0.160. The van der Waals surface area contributed by atoms with Crippen molar-refractivity contribution >= 4 is 11.8 Å². The van der Waals surface area contributed by atoms with Crippen LogP contribution in [0.2, 0.25) is 0 Å². The molecule has 1 atom stereocenters. The van der Waals surface area contributed by atoms with Crippen LogP contribution < -0.4 is 10.1 Å². The topological polar surface area (TPSA) is 74.8 Å². The third-order valence-electron chi connectivity index (χ3n) is 8.49. The van der Waals surface area contributed by atoms with E-state index in [1.165, 1.54) is 5.56 Å². The van der Waals surface area contributed by atoms with Gasteiger partial charge in [0.05, 0.1) is 18.5 Å². The predicted octanol–water partition coefficient (Wildman–Crippen LogP) is 3.48. The summed E-state index contributed by atoms with van der Waals surface area (Å²) in [6.07, 6.45) is 9.39. The monoisotopic (exact) mass is 504 g/mol. The number of pyridine rings is 1. The van der Waals surface area contributed by atoms with E-state index in [9.17, 15) is 9.59 Å². The summed E-state index contributed by atoms with van der Waals surface area (Å²) in [6, 6.07) is 14.3. The van der Waals surface area contributed by atoms with Gasteiger partial charge in [-0.15, -0.1) is 0 Å². The average molecular weight is 505 g/mol. The third-order valence-corrected chi connectivity index (χ3v) is 8.49. The molecule has 1 N–H and O–H groups in total. The zero-order valence-corrected chi connectivity index (χ0v) is 21.9. The average Bonchev–Trinajstić information content (AvgIpc) is 3.39. The van der Waals surface area contributed by atoms with Crippen molar-refractivity contribution in [3.63, 3.8) is 0 Å². The first kappa shape index (κ1) is 25.7. The van der Waals surface area contributed by atoms with Crippen LogP contribution in [0.4, 0.5) is 0 Å². The van der Waals surface area contributed by atoms with E-state index in [0.717, 1.165) is 89.0 Å². The number of para-hydroxylation sites is 1. The summed E-state index contributed by atoms with van der Waals surface area (Å²) in [5.41, 5.74) is 2.02. The number of nitrogens with one attached hydrogen (secondary N) is 1. The highest BCUT2D eigenvalue weighted by Gasteiger charge is 2.41. The molecule has 3 aliphatic heterocycles. The molecular weight excluding hydrogens is 464 g/mol. The van der Waals surface area contributed by atoms with Crippen molar-refractivity contribution in [3.8, 4) is 5.75 Å². The van der Waals surface area contributed by atoms with E-state index in [2.05, 4.69) is 33.4 Å². The molecule has 1 aromatic carbocycles. The fourth-order valence-corrected chi connectivity index (χ4v) is 6.20. The summed E-state index contributed by atoms with van der Waals surface area (Å²) in [5.74, 6) is 1.80. The molecule has 0 aliphatic carbocycles. The zero-order chi connectivity index (χ0) is 25.5. The fraction of sp³-hybridized carbons (Fsp3) is 0.567. The lowest BCUT2D eigenvalue weighted by Crippen LogP contribution is -2.51. The highest BCUT2D eigenvalue weighted by molar-refractivity contribution is 5.83. The number of rotatable bonds is 4. The lowest BCUT2D eigenvalue weighted by atomic mass is 9.73. The maximum atomic E-state index is 13.3. The van der Waals surface area contributed by atoms with Crippen LogP contribution in [0.15, 0.2) is 48.7 Å². The lowest BCUT2D eigenvalue weighted by molar-refractivity contribution is -0.136. The van der Waals surface area contributed by atoms with Gasteiger partial charge in [-0.25, -0.2) is 0 Å². The van der Waals surface area contributed by atoms with Gasteiger partial charge in [0.15, 0.2) is 0 Å². The molecule has 0 radical (unpaired) electrons. The van der Waals surface area contributed by atoms with E-state index in [-0.39, 0.29) is 17.2 Å². The van der Waals surface area contributed by atoms with Crippen LogP contribution in [0.25, 0.3) is 0 Å². The van der Waals surface area contributed by atoms with Gasteiger partial charge in [-0.3, -0.25) is 19.5 Å². The first-order valence-electron chi connectivity index (χ1n) is 14.0. The predicted molar refractivity (Wildman–Crippen MR) is 143 cm³/mol. The molecule has 2 fully saturated rings. The fourth-order valence-electron chi connectivity index (χ4n) is 6.20. The Kier molecular flexibility index (Phi) is 8.39. The van der Waals surface area contributed by atoms with E-state index >= 15 is 0 Å². The van der Waals surface area contributed by atoms with Crippen molar-refractivity contribution in [1.29, 1.82) is 0 Å². The maximum absolute atomic E-state index is 13.3. The quantitative estimate of drug-likeness (QED) is 0.690. The van der Waals surface area contributed by atoms with Crippen molar-refractivity contribution < 1.29 is 14.3 Å². The van der Waals surface area contributed by atoms with Gasteiger partial charge in [0.1, 0.15) is 12.4 Å². The zero-order valence-electron chi connectivity index (χ0n) is 21.9. The van der Waals surface area contributed by atoms with Gasteiger partial charge in [0, 0.05) is 25.0 Å². The molecule has 7 nitrogen and oxygen atoms in total. The molecule has 2 aromatic rings. The number of fused-ring (bicyclic) bond motifs is 1. The number of hydrogen-bond donors (Lipinski definition) is 1. The molecule has 3 aliphatic rings. The Morgan fingerprint density at radius 3 is 2.73 bits per heavy atom. The molecule has 2 saturated heterocycles. The van der Waals surface area contributed by atoms with Crippen LogP contribution in [0.3, 0.4) is 0 Å². The lowest BCUT2D eigenvalue weighted by Gasteiger charge is -2.41. The molecule has 0 saturated carbocycles. The van der Waals surface area contributed by atoms with Crippen LogP contribution >= 0.6 is 0 Å². The Morgan fingerprint density at radius 2 is 1.89 bits per heavy atom. The number of amides is 2. The number of benzene rings is 1. The molecule has 5 rings (SSSR count). The SMILES string of the molecule is O=C(CN1CCC2(CCCCc3ccccc3OCCNC2=O)CC1)N1CCC(Cc2ccccn2)C1. The van der Waals surface area contributed by atoms with Gasteiger partial charge in [-0.05, 0) is 87.7 Å². The van der Waals surface area contributed by atoms with Crippen molar-refractivity contribution in [2.75, 3.05) is 45.9 Å². The molecule has 1 spiro atoms. The van der Waals surface area contributed by atoms with E-state index in [4.69, 9.17) is 4.74 Å². The highest BCUT2D eigenvalue weighted by atomic mass is 16.5. The summed E-state index contributed by atoms with van der Waals surface area (Å²) in [7, 11) is 0. The third kappa shape index (κ3) is 6.50. The van der Waals surface area contributed by atoms with E-state index in [1.807, 2.05) is 35.4 Å². The number of hydrogen-bond acceptors (Lipinski definition) is 5. The maximum Gasteiger partial charge on any atom is 0.236 e. The minimum Gasteiger partial charge on any atom is -0.491 e. The Hall–Kier alpha value is -2.93. The summed E-state index contributed by atoms with van der Waals surface area (Å²) in [5, 5.41) is 3.15. The highest BCUT2D eigenvalue weighted by Crippen LogP contribution is 2.38. The molecule has 2 amide bonds. The molecular formula is C30H40N4O3. The smallest absolute Gasteiger partial charge is 0.236 e. The van der Waals surface area contributed by atoms with Gasteiger partial charge in [-0.1, -0.05) is 30.7 Å². The van der Waals surface area contributed by atoms with Crippen LogP contribution in [0.5, 0.6) is 5.75 Å². The van der Waals surface area contributed by atoms with E-state index in [1.54, 1.807) is 0 Å². The molecule has 37 heavy (non-hydrogen) atoms. The van der Waals surface area contributed by atoms with Crippen LogP contribution in [0.1, 0.15) is 49.8 Å². The summed E-state index contributed by atoms with van der Waals surface area (Å²) in [4.78, 5) is 35.1. The van der Waals surface area contributed by atoms with Crippen molar-refractivity contribution in [3.05, 3.63) is 59.9 Å². The van der Waals surface area contributed by atoms with Gasteiger partial charge < -0.3 is 15.0 Å². The standard InChI is InChI=1S/C30H40N4O3/c35-28(34-17-11-24(22-34)21-26-9-4-6-15-31-26)23-33-18-13-30(14-19-33)12-5-3-8-25-7-1-2-10-27(25)37-20-16-32-29(30)36/h1-2,4,6-7,9-10,15,24H,3,5,8,11-14,16-23H2,(H,32,36). The van der Waals surface area contributed by atoms with Gasteiger partial charge in [0.2, 0.25) is 11.8 Å². The second-order valence-electron chi connectivity index (χ2n) is 11.0. The minimum atomic E-state index is -0.334. The summed E-state index contributed by atoms with van der Waals surface area (Å²) >= 11 is 0. The Bertz CT molecular complexity index is 1050. The molecule has 7 heteroatoms. The Morgan fingerprint density at radius 1 is 1.05 bits per heavy atom. The van der Waals surface area contributed by atoms with Crippen molar-refractivity contribution in [1.82, 2.24) is 20.1 Å². The van der Waals surface area contributed by atoms with E-state index in [0.29, 0.717) is 25.6 Å². The molecule has 4 heterocycles.